The Morgan fingerprint density at radius 1 is 1.38 bits per heavy atom. The van der Waals surface area contributed by atoms with Gasteiger partial charge < -0.3 is 5.32 Å². The van der Waals surface area contributed by atoms with E-state index in [1.54, 1.807) is 28.6 Å². The molecule has 118 valence electrons. The Balaban J connectivity index is 2.27. The van der Waals surface area contributed by atoms with Crippen LogP contribution in [-0.4, -0.2) is 38.4 Å². The van der Waals surface area contributed by atoms with E-state index < -0.39 is 10.0 Å². The molecule has 1 heterocycles. The quantitative estimate of drug-likeness (QED) is 0.872. The van der Waals surface area contributed by atoms with Crippen molar-refractivity contribution in [3.8, 4) is 0 Å². The highest BCUT2D eigenvalue weighted by atomic mass is 35.5. The number of hydrogen-bond acceptors (Lipinski definition) is 3. The Morgan fingerprint density at radius 2 is 2.10 bits per heavy atom. The van der Waals surface area contributed by atoms with Crippen LogP contribution < -0.4 is 5.32 Å². The van der Waals surface area contributed by atoms with E-state index >= 15 is 0 Å². The zero-order valence-corrected chi connectivity index (χ0v) is 14.1. The average molecular weight is 331 g/mol. The maximum absolute atomic E-state index is 12.9. The molecule has 1 aliphatic heterocycles. The molecular weight excluding hydrogens is 308 g/mol. The van der Waals surface area contributed by atoms with Gasteiger partial charge in [0.2, 0.25) is 10.0 Å². The standard InChI is InChI=1S/C15H23ClN2O2S/c1-12(2)10-18(11-13-6-5-9-17-13)21(19,20)15-8-4-3-7-14(15)16/h3-4,7-8,12-13,17H,5-6,9-11H2,1-2H3. The van der Waals surface area contributed by atoms with Crippen molar-refractivity contribution in [1.82, 2.24) is 9.62 Å². The van der Waals surface area contributed by atoms with Gasteiger partial charge in [0.15, 0.2) is 0 Å². The van der Waals surface area contributed by atoms with Crippen molar-refractivity contribution >= 4 is 21.6 Å². The van der Waals surface area contributed by atoms with Gasteiger partial charge in [0, 0.05) is 19.1 Å². The lowest BCUT2D eigenvalue weighted by Crippen LogP contribution is -2.42. The van der Waals surface area contributed by atoms with Crippen LogP contribution in [-0.2, 0) is 10.0 Å². The second-order valence-electron chi connectivity index (χ2n) is 5.94. The van der Waals surface area contributed by atoms with Gasteiger partial charge in [0.25, 0.3) is 0 Å². The third kappa shape index (κ3) is 4.19. The van der Waals surface area contributed by atoms with Crippen molar-refractivity contribution < 1.29 is 8.42 Å². The minimum atomic E-state index is -3.55. The summed E-state index contributed by atoms with van der Waals surface area (Å²) in [5.74, 6) is 0.267. The maximum Gasteiger partial charge on any atom is 0.244 e. The molecule has 0 aliphatic carbocycles. The molecular formula is C15H23ClN2O2S. The van der Waals surface area contributed by atoms with Gasteiger partial charge >= 0.3 is 0 Å². The molecule has 0 radical (unpaired) electrons. The first kappa shape index (κ1) is 16.7. The molecule has 1 aromatic carbocycles. The molecule has 0 spiro atoms. The van der Waals surface area contributed by atoms with Crippen molar-refractivity contribution in [2.45, 2.75) is 37.6 Å². The zero-order valence-electron chi connectivity index (χ0n) is 12.5. The molecule has 1 atom stereocenters. The monoisotopic (exact) mass is 330 g/mol. The Labute approximate surface area is 132 Å². The summed E-state index contributed by atoms with van der Waals surface area (Å²) in [5.41, 5.74) is 0. The lowest BCUT2D eigenvalue weighted by Gasteiger charge is -2.27. The highest BCUT2D eigenvalue weighted by Crippen LogP contribution is 2.25. The zero-order chi connectivity index (χ0) is 15.5. The Bertz CT molecular complexity index is 569. The Kier molecular flexibility index (Phi) is 5.66. The number of nitrogens with one attached hydrogen (secondary N) is 1. The summed E-state index contributed by atoms with van der Waals surface area (Å²) in [6.07, 6.45) is 2.12. The van der Waals surface area contributed by atoms with E-state index in [4.69, 9.17) is 11.6 Å². The topological polar surface area (TPSA) is 49.4 Å². The van der Waals surface area contributed by atoms with Crippen LogP contribution in [0.3, 0.4) is 0 Å². The van der Waals surface area contributed by atoms with Crippen LogP contribution in [0.1, 0.15) is 26.7 Å². The fourth-order valence-corrected chi connectivity index (χ4v) is 4.77. The molecule has 4 nitrogen and oxygen atoms in total. The molecule has 1 N–H and O–H groups in total. The summed E-state index contributed by atoms with van der Waals surface area (Å²) in [4.78, 5) is 0.199. The molecule has 0 bridgehead atoms. The summed E-state index contributed by atoms with van der Waals surface area (Å²) in [6, 6.07) is 6.89. The Hall–Kier alpha value is -0.620. The lowest BCUT2D eigenvalue weighted by molar-refractivity contribution is 0.336. The predicted octanol–water partition coefficient (Wildman–Crippen LogP) is 2.74. The SMILES string of the molecule is CC(C)CN(CC1CCCN1)S(=O)(=O)c1ccccc1Cl. The van der Waals surface area contributed by atoms with Crippen LogP contribution >= 0.6 is 11.6 Å². The lowest BCUT2D eigenvalue weighted by atomic mass is 10.2. The van der Waals surface area contributed by atoms with Crippen molar-refractivity contribution in [1.29, 1.82) is 0 Å². The van der Waals surface area contributed by atoms with Gasteiger partial charge in [-0.2, -0.15) is 4.31 Å². The largest absolute Gasteiger partial charge is 0.313 e. The van der Waals surface area contributed by atoms with Gasteiger partial charge in [0.1, 0.15) is 4.90 Å². The van der Waals surface area contributed by atoms with Gasteiger partial charge in [-0.15, -0.1) is 0 Å². The molecule has 1 aliphatic rings. The van der Waals surface area contributed by atoms with E-state index in [2.05, 4.69) is 5.32 Å². The van der Waals surface area contributed by atoms with Crippen LogP contribution in [0.2, 0.25) is 5.02 Å². The fourth-order valence-electron chi connectivity index (χ4n) is 2.63. The highest BCUT2D eigenvalue weighted by molar-refractivity contribution is 7.89. The molecule has 1 saturated heterocycles. The summed E-state index contributed by atoms with van der Waals surface area (Å²) in [6.45, 7) is 6.03. The van der Waals surface area contributed by atoms with Crippen LogP contribution in [0.4, 0.5) is 0 Å². The summed E-state index contributed by atoms with van der Waals surface area (Å²) < 4.78 is 27.4. The van der Waals surface area contributed by atoms with Crippen LogP contribution in [0.25, 0.3) is 0 Å². The van der Waals surface area contributed by atoms with Crippen LogP contribution in [0, 0.1) is 5.92 Å². The number of sulfonamides is 1. The number of benzene rings is 1. The maximum atomic E-state index is 12.9. The van der Waals surface area contributed by atoms with Crippen molar-refractivity contribution in [2.24, 2.45) is 5.92 Å². The first-order chi connectivity index (χ1) is 9.91. The summed E-state index contributed by atoms with van der Waals surface area (Å²) in [5, 5.41) is 3.64. The summed E-state index contributed by atoms with van der Waals surface area (Å²) in [7, 11) is -3.55. The minimum Gasteiger partial charge on any atom is -0.313 e. The smallest absolute Gasteiger partial charge is 0.244 e. The molecule has 0 amide bonds. The molecule has 0 saturated carbocycles. The second kappa shape index (κ2) is 7.09. The number of rotatable bonds is 6. The number of halogens is 1. The van der Waals surface area contributed by atoms with E-state index in [1.807, 2.05) is 13.8 Å². The molecule has 21 heavy (non-hydrogen) atoms. The van der Waals surface area contributed by atoms with Gasteiger partial charge in [-0.3, -0.25) is 0 Å². The van der Waals surface area contributed by atoms with Gasteiger partial charge in [-0.05, 0) is 37.4 Å². The van der Waals surface area contributed by atoms with E-state index in [-0.39, 0.29) is 21.9 Å². The van der Waals surface area contributed by atoms with Crippen molar-refractivity contribution in [3.05, 3.63) is 29.3 Å². The van der Waals surface area contributed by atoms with Crippen molar-refractivity contribution in [3.63, 3.8) is 0 Å². The predicted molar refractivity (Wildman–Crippen MR) is 86.1 cm³/mol. The molecule has 0 aromatic heterocycles. The van der Waals surface area contributed by atoms with Crippen LogP contribution in [0.5, 0.6) is 0 Å². The van der Waals surface area contributed by atoms with Crippen molar-refractivity contribution in [2.75, 3.05) is 19.6 Å². The van der Waals surface area contributed by atoms with E-state index in [0.717, 1.165) is 19.4 Å². The molecule has 1 fully saturated rings. The highest BCUT2D eigenvalue weighted by Gasteiger charge is 2.30. The average Bonchev–Trinajstić information content (AvgIpc) is 2.90. The van der Waals surface area contributed by atoms with E-state index in [1.165, 1.54) is 0 Å². The number of hydrogen-bond donors (Lipinski definition) is 1. The molecule has 2 rings (SSSR count). The normalized spacial score (nSPS) is 19.6. The van der Waals surface area contributed by atoms with Crippen LogP contribution in [0.15, 0.2) is 29.2 Å². The number of nitrogens with zero attached hydrogens (tertiary/aromatic N) is 1. The first-order valence-electron chi connectivity index (χ1n) is 7.39. The molecule has 1 unspecified atom stereocenters. The minimum absolute atomic E-state index is 0.199. The summed E-state index contributed by atoms with van der Waals surface area (Å²) >= 11 is 6.08. The third-order valence-corrected chi connectivity index (χ3v) is 5.94. The molecule has 1 aromatic rings. The van der Waals surface area contributed by atoms with E-state index in [9.17, 15) is 8.42 Å². The fraction of sp³-hybridized carbons (Fsp3) is 0.600. The second-order valence-corrected chi connectivity index (χ2v) is 8.25. The third-order valence-electron chi connectivity index (χ3n) is 3.61. The van der Waals surface area contributed by atoms with Gasteiger partial charge in [-0.25, -0.2) is 8.42 Å². The van der Waals surface area contributed by atoms with Gasteiger partial charge in [-0.1, -0.05) is 37.6 Å². The van der Waals surface area contributed by atoms with Gasteiger partial charge in [0.05, 0.1) is 5.02 Å². The van der Waals surface area contributed by atoms with E-state index in [0.29, 0.717) is 13.1 Å². The first-order valence-corrected chi connectivity index (χ1v) is 9.21. The Morgan fingerprint density at radius 3 is 2.67 bits per heavy atom. The molecule has 6 heteroatoms.